The lowest BCUT2D eigenvalue weighted by atomic mass is 9.79. The Morgan fingerprint density at radius 3 is 2.03 bits per heavy atom. The summed E-state index contributed by atoms with van der Waals surface area (Å²) in [5.41, 5.74) is 9.43. The molecule has 0 N–H and O–H groups in total. The van der Waals surface area contributed by atoms with Gasteiger partial charge in [-0.1, -0.05) is 87.5 Å². The van der Waals surface area contributed by atoms with E-state index in [1.165, 1.54) is 19.1 Å². The van der Waals surface area contributed by atoms with Gasteiger partial charge < -0.3 is 29.4 Å². The van der Waals surface area contributed by atoms with Crippen molar-refractivity contribution in [1.29, 1.82) is 0 Å². The number of anilines is 3. The maximum atomic E-state index is 12.2. The first-order valence-electron chi connectivity index (χ1n) is 24.7. The zero-order valence-electron chi connectivity index (χ0n) is 42.6. The highest BCUT2D eigenvalue weighted by Gasteiger charge is 2.46. The molecular weight excluding hydrogens is 1050 g/mol. The number of nitrogens with zero attached hydrogens (tertiary/aromatic N) is 3. The van der Waals surface area contributed by atoms with E-state index in [1.54, 1.807) is 12.1 Å². The molecule has 2 heterocycles. The predicted octanol–water partition coefficient (Wildman–Crippen LogP) is 10.5. The molecule has 2 unspecified atom stereocenters. The highest BCUT2D eigenvalue weighted by molar-refractivity contribution is 7.95. The Hall–Kier alpha value is -5.65. The van der Waals surface area contributed by atoms with Gasteiger partial charge in [-0.05, 0) is 145 Å². The van der Waals surface area contributed by atoms with Gasteiger partial charge in [0.15, 0.2) is 12.3 Å². The quantitative estimate of drug-likeness (QED) is 0.0229. The Bertz CT molecular complexity index is 3540. The van der Waals surface area contributed by atoms with E-state index in [1.807, 2.05) is 67.6 Å². The van der Waals surface area contributed by atoms with Crippen LogP contribution in [0.2, 0.25) is 0 Å². The number of rotatable bonds is 20. The molecule has 398 valence electrons. The lowest BCUT2D eigenvalue weighted by molar-refractivity contribution is -0.777. The third kappa shape index (κ3) is 11.1. The van der Waals surface area contributed by atoms with Gasteiger partial charge in [0.05, 0.1) is 38.2 Å². The van der Waals surface area contributed by atoms with Crippen LogP contribution >= 0.6 is 24.1 Å². The van der Waals surface area contributed by atoms with Crippen molar-refractivity contribution in [2.45, 2.75) is 98.3 Å². The average Bonchev–Trinajstić information content (AvgIpc) is 4.12. The van der Waals surface area contributed by atoms with Gasteiger partial charge in [-0.15, -0.1) is 0 Å². The molecule has 0 fully saturated rings. The van der Waals surface area contributed by atoms with Gasteiger partial charge in [-0.3, -0.25) is 10.1 Å². The first-order chi connectivity index (χ1) is 36.2. The van der Waals surface area contributed by atoms with Gasteiger partial charge in [0.25, 0.3) is 0 Å². The molecule has 0 aromatic heterocycles. The summed E-state index contributed by atoms with van der Waals surface area (Å²) in [4.78, 5) is 4.70. The van der Waals surface area contributed by atoms with Gasteiger partial charge in [0, 0.05) is 86.3 Å². The van der Waals surface area contributed by atoms with E-state index < -0.39 is 36.3 Å². The Labute approximate surface area is 452 Å². The molecular formula is C57H56N3O12S4-3. The van der Waals surface area contributed by atoms with E-state index >= 15 is 0 Å². The normalized spacial score (nSPS) is 18.2. The molecule has 0 saturated heterocycles. The van der Waals surface area contributed by atoms with Crippen molar-refractivity contribution in [1.82, 2.24) is 0 Å². The molecule has 0 radical (unpaired) electrons. The standard InChI is InChI=1S/C57H59N3O12S4/c1-37(73-71-69-61)31-33-58-49-27-19-41-35-45(74-72-70-62)23-25-47(41)53(49)56(3,4)51(58)29-21-39-17-18-40(55(39)60(43-13-9-7-10-14-43)44-15-11-8-12-16-44)22-30-52-57(5,6)54-48-26-24-46(76(66,67)68)36-42(48)20-28-50(54)59(52)34-32-38(2)75(63,64)65/h7-16,19-30,35-38H,17-18,31-34H2,1-6H3,(H3-,61,62,63,64,65,66,67,68)/p-3. The SMILES string of the molecule is CC(CC[N+]1=C(/C=C/C2=C(N(c3ccccc3)c3ccccc3)C(=C/C=C3/N(CCC(C)S(=O)(=O)[O-])c4ccc5cc(S(=O)(=O)[O-])ccc5c4C3(C)C)/CC2)C(C)(C)c2c1ccc1cc(SOO[O-])ccc21)SOO[O-]. The Balaban J connectivity index is 1.21. The zero-order valence-corrected chi connectivity index (χ0v) is 45.9. The topological polar surface area (TPSA) is 207 Å². The van der Waals surface area contributed by atoms with Crippen molar-refractivity contribution in [2.75, 3.05) is 22.9 Å². The second-order valence-corrected chi connectivity index (χ2v) is 25.3. The number of fused-ring (bicyclic) bond motifs is 6. The molecule has 2 aliphatic heterocycles. The summed E-state index contributed by atoms with van der Waals surface area (Å²) >= 11 is 1.81. The fourth-order valence-electron chi connectivity index (χ4n) is 11.0. The molecule has 0 spiro atoms. The minimum Gasteiger partial charge on any atom is -0.748 e. The smallest absolute Gasteiger partial charge is 0.210 e. The van der Waals surface area contributed by atoms with Crippen molar-refractivity contribution in [3.8, 4) is 0 Å². The summed E-state index contributed by atoms with van der Waals surface area (Å²) in [7, 11) is -9.32. The summed E-state index contributed by atoms with van der Waals surface area (Å²) in [6.07, 6.45) is 10.7. The second kappa shape index (κ2) is 22.4. The monoisotopic (exact) mass is 1100 g/mol. The second-order valence-electron chi connectivity index (χ2n) is 20.2. The first kappa shape index (κ1) is 55.1. The highest BCUT2D eigenvalue weighted by atomic mass is 32.2. The summed E-state index contributed by atoms with van der Waals surface area (Å²) in [5.74, 6) is 0. The van der Waals surface area contributed by atoms with E-state index in [0.29, 0.717) is 36.1 Å². The van der Waals surface area contributed by atoms with Crippen LogP contribution in [-0.2, 0) is 49.8 Å². The molecule has 15 nitrogen and oxygen atoms in total. The Morgan fingerprint density at radius 1 is 0.724 bits per heavy atom. The number of benzene rings is 6. The number of hydrogen-bond donors (Lipinski definition) is 0. The van der Waals surface area contributed by atoms with E-state index in [2.05, 4.69) is 117 Å². The van der Waals surface area contributed by atoms with Gasteiger partial charge in [-0.25, -0.2) is 16.8 Å². The van der Waals surface area contributed by atoms with E-state index in [4.69, 9.17) is 4.33 Å². The first-order valence-corrected chi connectivity index (χ1v) is 29.1. The van der Waals surface area contributed by atoms with Crippen LogP contribution < -0.4 is 20.3 Å². The summed E-state index contributed by atoms with van der Waals surface area (Å²) in [6, 6.07) is 38.4. The van der Waals surface area contributed by atoms with Crippen LogP contribution in [0.5, 0.6) is 0 Å². The van der Waals surface area contributed by atoms with Crippen molar-refractivity contribution in [2.24, 2.45) is 0 Å². The molecule has 2 atom stereocenters. The fourth-order valence-corrected chi connectivity index (χ4v) is 12.7. The van der Waals surface area contributed by atoms with E-state index in [9.17, 15) is 36.5 Å². The summed E-state index contributed by atoms with van der Waals surface area (Å²) in [6.45, 7) is 12.7. The molecule has 1 aliphatic carbocycles. The molecule has 0 amide bonds. The van der Waals surface area contributed by atoms with E-state index in [0.717, 1.165) is 102 Å². The average molecular weight is 1100 g/mol. The lowest BCUT2D eigenvalue weighted by Crippen LogP contribution is -2.30. The third-order valence-corrected chi connectivity index (χ3v) is 18.1. The van der Waals surface area contributed by atoms with Crippen molar-refractivity contribution < 1.29 is 59.8 Å². The van der Waals surface area contributed by atoms with Gasteiger partial charge in [0.1, 0.15) is 10.1 Å². The van der Waals surface area contributed by atoms with Crippen LogP contribution in [0, 0.1) is 0 Å². The maximum absolute atomic E-state index is 12.2. The molecule has 0 bridgehead atoms. The van der Waals surface area contributed by atoms with Crippen LogP contribution in [0.4, 0.5) is 22.7 Å². The lowest BCUT2D eigenvalue weighted by Gasteiger charge is -2.30. The van der Waals surface area contributed by atoms with Crippen LogP contribution in [0.3, 0.4) is 0 Å². The van der Waals surface area contributed by atoms with Crippen LogP contribution in [-0.4, -0.2) is 59.8 Å². The molecule has 6 aromatic rings. The molecule has 76 heavy (non-hydrogen) atoms. The highest BCUT2D eigenvalue weighted by Crippen LogP contribution is 2.52. The van der Waals surface area contributed by atoms with Crippen molar-refractivity contribution in [3.05, 3.63) is 179 Å². The van der Waals surface area contributed by atoms with Crippen molar-refractivity contribution in [3.63, 3.8) is 0 Å². The molecule has 19 heteroatoms. The van der Waals surface area contributed by atoms with Gasteiger partial charge in [-0.2, -0.15) is 13.2 Å². The molecule has 9 rings (SSSR count). The minimum atomic E-state index is -4.73. The maximum Gasteiger partial charge on any atom is 0.210 e. The van der Waals surface area contributed by atoms with Crippen LogP contribution in [0.15, 0.2) is 178 Å². The van der Waals surface area contributed by atoms with E-state index in [-0.39, 0.29) is 23.1 Å². The number of hydrogen-bond acceptors (Lipinski definition) is 16. The third-order valence-electron chi connectivity index (χ3n) is 14.7. The summed E-state index contributed by atoms with van der Waals surface area (Å²) in [5, 5.41) is 30.8. The zero-order chi connectivity index (χ0) is 54.2. The minimum absolute atomic E-state index is 0.0511. The predicted molar refractivity (Wildman–Crippen MR) is 291 cm³/mol. The van der Waals surface area contributed by atoms with Gasteiger partial charge in [0.2, 0.25) is 5.69 Å². The van der Waals surface area contributed by atoms with Crippen LogP contribution in [0.1, 0.15) is 78.4 Å². The molecule has 3 aliphatic rings. The van der Waals surface area contributed by atoms with Crippen LogP contribution in [0.25, 0.3) is 21.5 Å². The van der Waals surface area contributed by atoms with Gasteiger partial charge >= 0.3 is 0 Å². The Kier molecular flexibility index (Phi) is 16.2. The largest absolute Gasteiger partial charge is 0.748 e. The molecule has 6 aromatic carbocycles. The Morgan fingerprint density at radius 2 is 1.37 bits per heavy atom. The number of allylic oxidation sites excluding steroid dienone is 7. The van der Waals surface area contributed by atoms with Crippen molar-refractivity contribution >= 4 is 94.3 Å². The fraction of sp³-hybridized carbons (Fsp3) is 0.281. The number of para-hydroxylation sites is 2. The summed E-state index contributed by atoms with van der Waals surface area (Å²) < 4.78 is 84.8. The molecule has 0 saturated carbocycles.